The van der Waals surface area contributed by atoms with E-state index in [1.54, 1.807) is 6.92 Å². The molecule has 0 N–H and O–H groups in total. The van der Waals surface area contributed by atoms with Gasteiger partial charge in [-0.25, -0.2) is 0 Å². The molecule has 17 heavy (non-hydrogen) atoms. The van der Waals surface area contributed by atoms with E-state index in [0.29, 0.717) is 0 Å². The number of rotatable bonds is 1. The number of ketones is 1. The Morgan fingerprint density at radius 3 is 2.76 bits per heavy atom. The molecule has 2 aromatic rings. The zero-order valence-corrected chi connectivity index (χ0v) is 10.4. The zero-order valence-electron chi connectivity index (χ0n) is 10.4. The Morgan fingerprint density at radius 2 is 2.00 bits per heavy atom. The van der Waals surface area contributed by atoms with Gasteiger partial charge in [0.15, 0.2) is 5.78 Å². The molecule has 88 valence electrons. The van der Waals surface area contributed by atoms with Crippen molar-refractivity contribution >= 4 is 16.7 Å². The Bertz CT molecular complexity index is 607. The molecular formula is C15H17NO. The van der Waals surface area contributed by atoms with Crippen LogP contribution < -0.4 is 0 Å². The minimum Gasteiger partial charge on any atom is -0.347 e. The zero-order chi connectivity index (χ0) is 12.0. The molecule has 2 nitrogen and oxygen atoms in total. The number of benzene rings is 1. The van der Waals surface area contributed by atoms with Crippen LogP contribution in [0, 0.1) is 0 Å². The van der Waals surface area contributed by atoms with Gasteiger partial charge in [-0.3, -0.25) is 4.79 Å². The van der Waals surface area contributed by atoms with Gasteiger partial charge in [0, 0.05) is 29.2 Å². The first-order valence-electron chi connectivity index (χ1n) is 6.29. The van der Waals surface area contributed by atoms with Gasteiger partial charge in [-0.1, -0.05) is 12.1 Å². The smallest absolute Gasteiger partial charge is 0.159 e. The maximum Gasteiger partial charge on any atom is 0.159 e. The van der Waals surface area contributed by atoms with Gasteiger partial charge >= 0.3 is 0 Å². The molecule has 0 fully saturated rings. The van der Waals surface area contributed by atoms with Crippen molar-refractivity contribution in [1.82, 2.24) is 4.57 Å². The summed E-state index contributed by atoms with van der Waals surface area (Å²) in [6, 6.07) is 6.12. The van der Waals surface area contributed by atoms with Crippen molar-refractivity contribution in [3.63, 3.8) is 0 Å². The lowest BCUT2D eigenvalue weighted by molar-refractivity contribution is 0.101. The molecule has 3 rings (SSSR count). The molecule has 1 heterocycles. The van der Waals surface area contributed by atoms with Crippen LogP contribution in [0.1, 0.15) is 41.4 Å². The molecule has 0 aliphatic heterocycles. The van der Waals surface area contributed by atoms with E-state index >= 15 is 0 Å². The van der Waals surface area contributed by atoms with Crippen LogP contribution in [0.3, 0.4) is 0 Å². The van der Waals surface area contributed by atoms with E-state index in [9.17, 15) is 4.79 Å². The Morgan fingerprint density at radius 1 is 1.24 bits per heavy atom. The highest BCUT2D eigenvalue weighted by Crippen LogP contribution is 2.31. The number of hydrogen-bond donors (Lipinski definition) is 0. The summed E-state index contributed by atoms with van der Waals surface area (Å²) in [5, 5.41) is 1.34. The topological polar surface area (TPSA) is 22.0 Å². The number of hydrogen-bond acceptors (Lipinski definition) is 1. The number of aryl methyl sites for hydroxylation is 2. The van der Waals surface area contributed by atoms with Crippen molar-refractivity contribution < 1.29 is 4.79 Å². The summed E-state index contributed by atoms with van der Waals surface area (Å²) < 4.78 is 2.27. The standard InChI is InChI=1S/C15H17NO/c1-10(17)11-7-8-13-12-5-3-4-6-14(12)16(2)15(13)9-11/h7-9H,3-6H2,1-2H3. The van der Waals surface area contributed by atoms with Crippen LogP contribution in [0.2, 0.25) is 0 Å². The molecule has 0 spiro atoms. The van der Waals surface area contributed by atoms with Crippen LogP contribution in [-0.4, -0.2) is 10.4 Å². The molecule has 0 radical (unpaired) electrons. The highest BCUT2D eigenvalue weighted by molar-refractivity contribution is 5.98. The number of carbonyl (C=O) groups is 1. The van der Waals surface area contributed by atoms with Crippen LogP contribution in [0.15, 0.2) is 18.2 Å². The average molecular weight is 227 g/mol. The predicted octanol–water partition coefficient (Wildman–Crippen LogP) is 3.26. The maximum atomic E-state index is 11.4. The van der Waals surface area contributed by atoms with Crippen molar-refractivity contribution in [3.05, 3.63) is 35.0 Å². The van der Waals surface area contributed by atoms with E-state index in [0.717, 1.165) is 5.56 Å². The summed E-state index contributed by atoms with van der Waals surface area (Å²) in [6.45, 7) is 1.63. The van der Waals surface area contributed by atoms with Gasteiger partial charge in [-0.2, -0.15) is 0 Å². The molecule has 0 saturated carbocycles. The van der Waals surface area contributed by atoms with Crippen molar-refractivity contribution in [3.8, 4) is 0 Å². The highest BCUT2D eigenvalue weighted by Gasteiger charge is 2.18. The summed E-state index contributed by atoms with van der Waals surface area (Å²) in [6.07, 6.45) is 4.94. The lowest BCUT2D eigenvalue weighted by atomic mass is 9.95. The van der Waals surface area contributed by atoms with E-state index in [1.807, 2.05) is 12.1 Å². The first-order chi connectivity index (χ1) is 8.18. The fourth-order valence-electron chi connectivity index (χ4n) is 2.98. The largest absolute Gasteiger partial charge is 0.347 e. The van der Waals surface area contributed by atoms with Crippen LogP contribution >= 0.6 is 0 Å². The molecule has 1 aliphatic rings. The van der Waals surface area contributed by atoms with Crippen LogP contribution in [0.25, 0.3) is 10.9 Å². The first kappa shape index (κ1) is 10.6. The fourth-order valence-corrected chi connectivity index (χ4v) is 2.98. The van der Waals surface area contributed by atoms with Gasteiger partial charge in [0.2, 0.25) is 0 Å². The summed E-state index contributed by atoms with van der Waals surface area (Å²) in [5.74, 6) is 0.145. The second-order valence-electron chi connectivity index (χ2n) is 4.98. The molecule has 0 amide bonds. The molecule has 0 unspecified atom stereocenters. The number of nitrogens with zero attached hydrogens (tertiary/aromatic N) is 1. The van der Waals surface area contributed by atoms with Crippen molar-refractivity contribution in [2.75, 3.05) is 0 Å². The van der Waals surface area contributed by atoms with Gasteiger partial charge < -0.3 is 4.57 Å². The van der Waals surface area contributed by atoms with Gasteiger partial charge in [0.25, 0.3) is 0 Å². The second-order valence-corrected chi connectivity index (χ2v) is 4.98. The number of Topliss-reactive ketones (excluding diaryl/α,β-unsaturated/α-hetero) is 1. The Labute approximate surface area is 101 Å². The minimum absolute atomic E-state index is 0.145. The summed E-state index contributed by atoms with van der Waals surface area (Å²) in [5.41, 5.74) is 5.00. The quantitative estimate of drug-likeness (QED) is 0.685. The summed E-state index contributed by atoms with van der Waals surface area (Å²) in [4.78, 5) is 11.4. The Hall–Kier alpha value is -1.57. The van der Waals surface area contributed by atoms with Crippen molar-refractivity contribution in [2.45, 2.75) is 32.6 Å². The molecule has 0 bridgehead atoms. The van der Waals surface area contributed by atoms with Crippen LogP contribution in [0.5, 0.6) is 0 Å². The van der Waals surface area contributed by atoms with E-state index in [1.165, 1.54) is 47.8 Å². The monoisotopic (exact) mass is 227 g/mol. The molecular weight excluding hydrogens is 210 g/mol. The van der Waals surface area contributed by atoms with Gasteiger partial charge in [0.1, 0.15) is 0 Å². The normalized spacial score (nSPS) is 14.9. The summed E-state index contributed by atoms with van der Waals surface area (Å²) in [7, 11) is 2.12. The highest BCUT2D eigenvalue weighted by atomic mass is 16.1. The maximum absolute atomic E-state index is 11.4. The average Bonchev–Trinajstić information content (AvgIpc) is 2.64. The van der Waals surface area contributed by atoms with Crippen LogP contribution in [-0.2, 0) is 19.9 Å². The van der Waals surface area contributed by atoms with E-state index in [2.05, 4.69) is 17.7 Å². The molecule has 0 saturated heterocycles. The second kappa shape index (κ2) is 3.73. The predicted molar refractivity (Wildman–Crippen MR) is 69.6 cm³/mol. The van der Waals surface area contributed by atoms with Gasteiger partial charge in [-0.05, 0) is 44.2 Å². The number of aromatic nitrogens is 1. The molecule has 0 atom stereocenters. The summed E-state index contributed by atoms with van der Waals surface area (Å²) >= 11 is 0. The fraction of sp³-hybridized carbons (Fsp3) is 0.400. The SMILES string of the molecule is CC(=O)c1ccc2c3c(n(C)c2c1)CCCC3. The third-order valence-corrected chi connectivity index (χ3v) is 3.93. The lowest BCUT2D eigenvalue weighted by Gasteiger charge is -2.12. The van der Waals surface area contributed by atoms with Crippen LogP contribution in [0.4, 0.5) is 0 Å². The minimum atomic E-state index is 0.145. The Kier molecular flexibility index (Phi) is 2.32. The third kappa shape index (κ3) is 1.51. The molecule has 1 aromatic heterocycles. The van der Waals surface area contributed by atoms with Gasteiger partial charge in [0.05, 0.1) is 0 Å². The lowest BCUT2D eigenvalue weighted by Crippen LogP contribution is -2.04. The first-order valence-corrected chi connectivity index (χ1v) is 6.29. The van der Waals surface area contributed by atoms with E-state index < -0.39 is 0 Å². The van der Waals surface area contributed by atoms with E-state index in [-0.39, 0.29) is 5.78 Å². The third-order valence-electron chi connectivity index (χ3n) is 3.93. The van der Waals surface area contributed by atoms with E-state index in [4.69, 9.17) is 0 Å². The molecule has 1 aliphatic carbocycles. The number of fused-ring (bicyclic) bond motifs is 3. The Balaban J connectivity index is 2.30. The van der Waals surface area contributed by atoms with Crippen molar-refractivity contribution in [1.29, 1.82) is 0 Å². The number of carbonyl (C=O) groups excluding carboxylic acids is 1. The molecule has 2 heteroatoms. The van der Waals surface area contributed by atoms with Crippen molar-refractivity contribution in [2.24, 2.45) is 7.05 Å². The molecule has 1 aromatic carbocycles. The van der Waals surface area contributed by atoms with Gasteiger partial charge in [-0.15, -0.1) is 0 Å².